The van der Waals surface area contributed by atoms with Gasteiger partial charge in [0.1, 0.15) is 5.75 Å². The molecule has 17 heavy (non-hydrogen) atoms. The van der Waals surface area contributed by atoms with Gasteiger partial charge in [-0.3, -0.25) is 0 Å². The Hall–Kier alpha value is -0.440. The topological polar surface area (TPSA) is 35.2 Å². The van der Waals surface area contributed by atoms with Gasteiger partial charge in [0.05, 0.1) is 12.1 Å². The molecule has 0 aromatic heterocycles. The van der Waals surface area contributed by atoms with Gasteiger partial charge in [-0.05, 0) is 23.5 Å². The zero-order chi connectivity index (χ0) is 13.2. The van der Waals surface area contributed by atoms with Crippen molar-refractivity contribution in [3.63, 3.8) is 0 Å². The maximum absolute atomic E-state index is 6.26. The van der Waals surface area contributed by atoms with Crippen molar-refractivity contribution >= 4 is 23.2 Å². The minimum absolute atomic E-state index is 0.0262. The Morgan fingerprint density at radius 3 is 2.35 bits per heavy atom. The lowest BCUT2D eigenvalue weighted by Crippen LogP contribution is -2.28. The van der Waals surface area contributed by atoms with Crippen LogP contribution in [0.1, 0.15) is 38.8 Å². The van der Waals surface area contributed by atoms with Gasteiger partial charge >= 0.3 is 0 Å². The smallest absolute Gasteiger partial charge is 0.138 e. The van der Waals surface area contributed by atoms with Gasteiger partial charge in [-0.2, -0.15) is 0 Å². The number of halogens is 2. The Balaban J connectivity index is 3.19. The summed E-state index contributed by atoms with van der Waals surface area (Å²) in [4.78, 5) is 0. The van der Waals surface area contributed by atoms with E-state index in [-0.39, 0.29) is 11.5 Å². The summed E-state index contributed by atoms with van der Waals surface area (Å²) in [6, 6.07) is 3.36. The molecule has 0 aliphatic carbocycles. The molecule has 0 radical (unpaired) electrons. The van der Waals surface area contributed by atoms with Crippen molar-refractivity contribution in [2.75, 3.05) is 7.11 Å². The van der Waals surface area contributed by atoms with E-state index >= 15 is 0 Å². The molecular formula is C13H19Cl2NO. The first-order valence-corrected chi connectivity index (χ1v) is 6.37. The van der Waals surface area contributed by atoms with E-state index in [2.05, 4.69) is 20.8 Å². The summed E-state index contributed by atoms with van der Waals surface area (Å²) >= 11 is 12.3. The van der Waals surface area contributed by atoms with Crippen LogP contribution in [-0.2, 0) is 0 Å². The number of hydrogen-bond donors (Lipinski definition) is 1. The molecule has 1 aromatic rings. The first-order chi connectivity index (χ1) is 7.83. The average molecular weight is 276 g/mol. The van der Waals surface area contributed by atoms with Crippen LogP contribution in [0.15, 0.2) is 12.1 Å². The Bertz CT molecular complexity index is 405. The molecule has 0 amide bonds. The summed E-state index contributed by atoms with van der Waals surface area (Å²) in [5.41, 5.74) is 7.10. The third-order valence-electron chi connectivity index (χ3n) is 3.36. The molecule has 0 fully saturated rings. The van der Waals surface area contributed by atoms with E-state index in [1.807, 2.05) is 0 Å². The lowest BCUT2D eigenvalue weighted by molar-refractivity contribution is 0.278. The molecule has 4 heteroatoms. The predicted octanol–water partition coefficient (Wildman–Crippen LogP) is 4.44. The second kappa shape index (κ2) is 5.47. The maximum Gasteiger partial charge on any atom is 0.138 e. The van der Waals surface area contributed by atoms with Gasteiger partial charge < -0.3 is 10.5 Å². The zero-order valence-electron chi connectivity index (χ0n) is 10.7. The quantitative estimate of drug-likeness (QED) is 0.882. The van der Waals surface area contributed by atoms with E-state index in [9.17, 15) is 0 Å². The second-order valence-electron chi connectivity index (χ2n) is 4.83. The molecule has 96 valence electrons. The molecule has 0 saturated heterocycles. The first-order valence-electron chi connectivity index (χ1n) is 5.62. The third-order valence-corrected chi connectivity index (χ3v) is 3.98. The van der Waals surface area contributed by atoms with Gasteiger partial charge in [0.2, 0.25) is 0 Å². The van der Waals surface area contributed by atoms with Gasteiger partial charge in [-0.1, -0.05) is 44.0 Å². The Morgan fingerprint density at radius 1 is 1.29 bits per heavy atom. The number of ether oxygens (including phenoxy) is 1. The van der Waals surface area contributed by atoms with Crippen LogP contribution in [0.5, 0.6) is 5.75 Å². The van der Waals surface area contributed by atoms with Gasteiger partial charge in [0.15, 0.2) is 0 Å². The Kier molecular flexibility index (Phi) is 4.70. The summed E-state index contributed by atoms with van der Waals surface area (Å²) in [6.45, 7) is 6.34. The molecule has 0 aliphatic rings. The van der Waals surface area contributed by atoms with Crippen LogP contribution in [0.3, 0.4) is 0 Å². The van der Waals surface area contributed by atoms with Gasteiger partial charge in [-0.15, -0.1) is 0 Å². The molecule has 1 rings (SSSR count). The van der Waals surface area contributed by atoms with Gasteiger partial charge in [0, 0.05) is 17.1 Å². The monoisotopic (exact) mass is 275 g/mol. The molecular weight excluding hydrogens is 257 g/mol. The first kappa shape index (κ1) is 14.6. The lowest BCUT2D eigenvalue weighted by atomic mass is 9.79. The molecule has 1 aromatic carbocycles. The predicted molar refractivity (Wildman–Crippen MR) is 74.0 cm³/mol. The Labute approximate surface area is 113 Å². The molecule has 0 heterocycles. The maximum atomic E-state index is 6.26. The highest BCUT2D eigenvalue weighted by Crippen LogP contribution is 2.40. The zero-order valence-corrected chi connectivity index (χ0v) is 12.2. The van der Waals surface area contributed by atoms with Crippen molar-refractivity contribution in [3.8, 4) is 5.75 Å². The summed E-state index contributed by atoms with van der Waals surface area (Å²) < 4.78 is 5.12. The third kappa shape index (κ3) is 3.06. The molecule has 0 saturated carbocycles. The normalized spacial score (nSPS) is 13.6. The largest absolute Gasteiger partial charge is 0.495 e. The minimum atomic E-state index is -0.150. The summed E-state index contributed by atoms with van der Waals surface area (Å²) in [5.74, 6) is 0.571. The highest BCUT2D eigenvalue weighted by atomic mass is 35.5. The van der Waals surface area contributed by atoms with Crippen LogP contribution in [0, 0.1) is 5.41 Å². The highest BCUT2D eigenvalue weighted by Gasteiger charge is 2.28. The summed E-state index contributed by atoms with van der Waals surface area (Å²) in [5, 5.41) is 1.13. The SMILES string of the molecule is CCC(C)(C)C(N)c1cc(Cl)c(OC)cc1Cl. The fourth-order valence-corrected chi connectivity index (χ4v) is 2.10. The van der Waals surface area contributed by atoms with Crippen molar-refractivity contribution in [3.05, 3.63) is 27.7 Å². The number of nitrogens with two attached hydrogens (primary N) is 1. The van der Waals surface area contributed by atoms with Crippen LogP contribution < -0.4 is 10.5 Å². The summed E-state index contributed by atoms with van der Waals surface area (Å²) in [7, 11) is 1.56. The second-order valence-corrected chi connectivity index (χ2v) is 5.64. The highest BCUT2D eigenvalue weighted by molar-refractivity contribution is 6.34. The number of benzene rings is 1. The minimum Gasteiger partial charge on any atom is -0.495 e. The number of hydrogen-bond acceptors (Lipinski definition) is 2. The molecule has 0 aliphatic heterocycles. The average Bonchev–Trinajstić information content (AvgIpc) is 2.30. The van der Waals surface area contributed by atoms with Crippen LogP contribution in [0.4, 0.5) is 0 Å². The standard InChI is InChI=1S/C13H19Cl2NO/c1-5-13(2,3)12(16)8-6-10(15)11(17-4)7-9(8)14/h6-7,12H,5,16H2,1-4H3. The van der Waals surface area contributed by atoms with E-state index in [1.165, 1.54) is 0 Å². The van der Waals surface area contributed by atoms with Crippen molar-refractivity contribution in [1.29, 1.82) is 0 Å². The fraction of sp³-hybridized carbons (Fsp3) is 0.538. The van der Waals surface area contributed by atoms with Crippen LogP contribution >= 0.6 is 23.2 Å². The van der Waals surface area contributed by atoms with Gasteiger partial charge in [-0.25, -0.2) is 0 Å². The van der Waals surface area contributed by atoms with E-state index in [0.717, 1.165) is 12.0 Å². The van der Waals surface area contributed by atoms with Gasteiger partial charge in [0.25, 0.3) is 0 Å². The fourth-order valence-electron chi connectivity index (χ4n) is 1.58. The lowest BCUT2D eigenvalue weighted by Gasteiger charge is -2.31. The molecule has 2 nitrogen and oxygen atoms in total. The van der Waals surface area contributed by atoms with Crippen LogP contribution in [0.25, 0.3) is 0 Å². The van der Waals surface area contributed by atoms with E-state index in [1.54, 1.807) is 19.2 Å². The number of rotatable bonds is 4. The summed E-state index contributed by atoms with van der Waals surface area (Å²) in [6.07, 6.45) is 0.966. The van der Waals surface area contributed by atoms with E-state index in [4.69, 9.17) is 33.7 Å². The molecule has 0 bridgehead atoms. The van der Waals surface area contributed by atoms with Crippen molar-refractivity contribution in [2.24, 2.45) is 11.1 Å². The molecule has 2 N–H and O–H groups in total. The number of methoxy groups -OCH3 is 1. The van der Waals surface area contributed by atoms with E-state index in [0.29, 0.717) is 15.8 Å². The van der Waals surface area contributed by atoms with Crippen molar-refractivity contribution in [1.82, 2.24) is 0 Å². The Morgan fingerprint density at radius 2 is 1.88 bits per heavy atom. The molecule has 1 atom stereocenters. The molecule has 1 unspecified atom stereocenters. The van der Waals surface area contributed by atoms with Crippen LogP contribution in [0.2, 0.25) is 10.0 Å². The van der Waals surface area contributed by atoms with E-state index < -0.39 is 0 Å². The van der Waals surface area contributed by atoms with Crippen LogP contribution in [-0.4, -0.2) is 7.11 Å². The van der Waals surface area contributed by atoms with Crippen molar-refractivity contribution < 1.29 is 4.74 Å². The molecule has 0 spiro atoms. The van der Waals surface area contributed by atoms with Crippen molar-refractivity contribution in [2.45, 2.75) is 33.2 Å².